The molecule has 1 heterocycles. The highest BCUT2D eigenvalue weighted by Gasteiger charge is 2.47. The number of nitrogens with zero attached hydrogens (tertiary/aromatic N) is 1. The van der Waals surface area contributed by atoms with Crippen molar-refractivity contribution >= 4 is 17.5 Å². The van der Waals surface area contributed by atoms with E-state index >= 15 is 0 Å². The largest absolute Gasteiger partial charge is 0.500 e. The highest BCUT2D eigenvalue weighted by Crippen LogP contribution is 2.28. The van der Waals surface area contributed by atoms with E-state index in [1.54, 1.807) is 0 Å². The Labute approximate surface area is 156 Å². The molecule has 1 aliphatic heterocycles. The maximum atomic E-state index is 6.21. The van der Waals surface area contributed by atoms with E-state index < -0.39 is 17.5 Å². The Hall–Kier alpha value is 0.194. The summed E-state index contributed by atoms with van der Waals surface area (Å²) in [5.41, 5.74) is 0. The zero-order chi connectivity index (χ0) is 18.6. The third-order valence-electron chi connectivity index (χ3n) is 4.40. The molecular formula is C17H39NO5Si2. The van der Waals surface area contributed by atoms with Crippen molar-refractivity contribution in [2.75, 3.05) is 46.1 Å². The minimum Gasteiger partial charge on any atom is -0.383 e. The number of rotatable bonds is 14. The van der Waals surface area contributed by atoms with Crippen molar-refractivity contribution in [3.05, 3.63) is 0 Å². The lowest BCUT2D eigenvalue weighted by Crippen LogP contribution is -2.61. The fourth-order valence-electron chi connectivity index (χ4n) is 3.57. The Morgan fingerprint density at radius 1 is 0.800 bits per heavy atom. The molecule has 0 aromatic carbocycles. The van der Waals surface area contributed by atoms with E-state index in [-0.39, 0.29) is 0 Å². The van der Waals surface area contributed by atoms with E-state index in [4.69, 9.17) is 22.1 Å². The molecule has 0 aromatic heterocycles. The van der Waals surface area contributed by atoms with Crippen molar-refractivity contribution < 1.29 is 22.1 Å². The van der Waals surface area contributed by atoms with Crippen LogP contribution in [0.4, 0.5) is 0 Å². The van der Waals surface area contributed by atoms with Gasteiger partial charge in [0.05, 0.1) is 0 Å². The van der Waals surface area contributed by atoms with E-state index in [1.165, 1.54) is 12.8 Å². The molecule has 1 fully saturated rings. The molecule has 150 valence electrons. The fourth-order valence-corrected chi connectivity index (χ4v) is 9.81. The predicted molar refractivity (Wildman–Crippen MR) is 105 cm³/mol. The van der Waals surface area contributed by atoms with Gasteiger partial charge in [0, 0.05) is 45.1 Å². The molecule has 0 saturated carbocycles. The van der Waals surface area contributed by atoms with Gasteiger partial charge in [0.2, 0.25) is 0 Å². The smallest absolute Gasteiger partial charge is 0.383 e. The lowest BCUT2D eigenvalue weighted by molar-refractivity contribution is 0.0686. The van der Waals surface area contributed by atoms with Crippen LogP contribution >= 0.6 is 0 Å². The van der Waals surface area contributed by atoms with Crippen LogP contribution in [0.25, 0.3) is 0 Å². The van der Waals surface area contributed by atoms with E-state index in [0.29, 0.717) is 19.8 Å². The van der Waals surface area contributed by atoms with Gasteiger partial charge in [-0.25, -0.2) is 0 Å². The SMILES string of the molecule is CCO[Si](CCCN1CCCC[Si]1(OCC)OCC)(OCC)OCC. The first-order valence-electron chi connectivity index (χ1n) is 10.1. The minimum atomic E-state index is -2.56. The second-order valence-electron chi connectivity index (χ2n) is 6.11. The van der Waals surface area contributed by atoms with Crippen molar-refractivity contribution in [3.8, 4) is 0 Å². The van der Waals surface area contributed by atoms with Crippen LogP contribution in [0.5, 0.6) is 0 Å². The van der Waals surface area contributed by atoms with Crippen molar-refractivity contribution in [1.82, 2.24) is 4.57 Å². The summed E-state index contributed by atoms with van der Waals surface area (Å²) in [7, 11) is -4.79. The quantitative estimate of drug-likeness (QED) is 0.421. The van der Waals surface area contributed by atoms with Crippen molar-refractivity contribution in [2.45, 2.75) is 66.0 Å². The zero-order valence-corrected chi connectivity index (χ0v) is 19.0. The van der Waals surface area contributed by atoms with Crippen LogP contribution < -0.4 is 0 Å². The first-order valence-corrected chi connectivity index (χ1v) is 14.0. The Morgan fingerprint density at radius 2 is 1.36 bits per heavy atom. The molecule has 1 aliphatic rings. The maximum absolute atomic E-state index is 6.21. The van der Waals surface area contributed by atoms with Crippen LogP contribution in [0.3, 0.4) is 0 Å². The molecule has 0 aromatic rings. The summed E-state index contributed by atoms with van der Waals surface area (Å²) in [5, 5.41) is 0. The monoisotopic (exact) mass is 393 g/mol. The van der Waals surface area contributed by atoms with Gasteiger partial charge >= 0.3 is 17.5 Å². The molecule has 0 spiro atoms. The minimum absolute atomic E-state index is 0.631. The number of hydrogen-bond acceptors (Lipinski definition) is 6. The Morgan fingerprint density at radius 3 is 1.84 bits per heavy atom. The van der Waals surface area contributed by atoms with Gasteiger partial charge in [0.1, 0.15) is 0 Å². The summed E-state index contributed by atoms with van der Waals surface area (Å²) < 4.78 is 32.8. The predicted octanol–water partition coefficient (Wildman–Crippen LogP) is 3.53. The van der Waals surface area contributed by atoms with Gasteiger partial charge in [-0.2, -0.15) is 0 Å². The average molecular weight is 394 g/mol. The second-order valence-corrected chi connectivity index (χ2v) is 12.0. The van der Waals surface area contributed by atoms with Gasteiger partial charge in [0.25, 0.3) is 0 Å². The molecule has 0 aliphatic carbocycles. The molecule has 0 radical (unpaired) electrons. The number of hydrogen-bond donors (Lipinski definition) is 0. The standard InChI is InChI=1S/C17H39NO5Si2/c1-6-19-24(20-7-2)16-12-11-14-18(24)15-13-17-25(21-8-3,22-9-4)23-10-5/h6-17H2,1-5H3. The summed E-state index contributed by atoms with van der Waals surface area (Å²) in [4.78, 5) is 0. The van der Waals surface area contributed by atoms with Gasteiger partial charge in [0.15, 0.2) is 0 Å². The van der Waals surface area contributed by atoms with Gasteiger partial charge in [-0.1, -0.05) is 0 Å². The molecule has 1 saturated heterocycles. The molecule has 25 heavy (non-hydrogen) atoms. The highest BCUT2D eigenvalue weighted by atomic mass is 28.4. The molecule has 0 N–H and O–H groups in total. The normalized spacial score (nSPS) is 18.6. The molecule has 0 unspecified atom stereocenters. The summed E-state index contributed by atoms with van der Waals surface area (Å²) in [6.45, 7) is 15.5. The maximum Gasteiger partial charge on any atom is 0.500 e. The molecule has 6 nitrogen and oxygen atoms in total. The van der Waals surface area contributed by atoms with Crippen LogP contribution in [0.15, 0.2) is 0 Å². The summed E-state index contributed by atoms with van der Waals surface area (Å²) >= 11 is 0. The summed E-state index contributed by atoms with van der Waals surface area (Å²) in [6.07, 6.45) is 3.42. The molecule has 1 rings (SSSR count). The van der Waals surface area contributed by atoms with Gasteiger partial charge in [-0.15, -0.1) is 0 Å². The van der Waals surface area contributed by atoms with E-state index in [0.717, 1.165) is 44.8 Å². The van der Waals surface area contributed by atoms with Crippen LogP contribution in [-0.2, 0) is 22.1 Å². The van der Waals surface area contributed by atoms with Crippen molar-refractivity contribution in [3.63, 3.8) is 0 Å². The third kappa shape index (κ3) is 7.02. The van der Waals surface area contributed by atoms with Crippen LogP contribution in [-0.4, -0.2) is 68.2 Å². The Kier molecular flexibility index (Phi) is 11.7. The van der Waals surface area contributed by atoms with Gasteiger partial charge in [-0.3, -0.25) is 4.57 Å². The molecule has 0 atom stereocenters. The molecule has 0 amide bonds. The molecule has 8 heteroatoms. The topological polar surface area (TPSA) is 49.4 Å². The van der Waals surface area contributed by atoms with E-state index in [1.807, 2.05) is 20.8 Å². The lowest BCUT2D eigenvalue weighted by atomic mass is 10.3. The fraction of sp³-hybridized carbons (Fsp3) is 1.00. The first-order chi connectivity index (χ1) is 12.1. The first kappa shape index (κ1) is 23.2. The zero-order valence-electron chi connectivity index (χ0n) is 17.0. The van der Waals surface area contributed by atoms with Gasteiger partial charge in [-0.05, 0) is 67.0 Å². The van der Waals surface area contributed by atoms with E-state index in [2.05, 4.69) is 18.4 Å². The van der Waals surface area contributed by atoms with E-state index in [9.17, 15) is 0 Å². The second kappa shape index (κ2) is 12.6. The van der Waals surface area contributed by atoms with Crippen LogP contribution in [0.1, 0.15) is 53.9 Å². The lowest BCUT2D eigenvalue weighted by Gasteiger charge is -2.43. The highest BCUT2D eigenvalue weighted by molar-refractivity contribution is 6.64. The average Bonchev–Trinajstić information content (AvgIpc) is 2.58. The Balaban J connectivity index is 2.70. The summed E-state index contributed by atoms with van der Waals surface area (Å²) in [6, 6.07) is 1.92. The van der Waals surface area contributed by atoms with Crippen LogP contribution in [0, 0.1) is 0 Å². The third-order valence-corrected chi connectivity index (χ3v) is 11.4. The summed E-state index contributed by atoms with van der Waals surface area (Å²) in [5.74, 6) is 0. The van der Waals surface area contributed by atoms with Crippen molar-refractivity contribution in [1.29, 1.82) is 0 Å². The molecular weight excluding hydrogens is 354 g/mol. The van der Waals surface area contributed by atoms with Crippen molar-refractivity contribution in [2.24, 2.45) is 0 Å². The Bertz CT molecular complexity index is 320. The molecule has 0 bridgehead atoms. The van der Waals surface area contributed by atoms with Crippen LogP contribution in [0.2, 0.25) is 12.1 Å². The van der Waals surface area contributed by atoms with Gasteiger partial charge < -0.3 is 22.1 Å².